The van der Waals surface area contributed by atoms with Gasteiger partial charge in [-0.1, -0.05) is 12.1 Å². The van der Waals surface area contributed by atoms with E-state index in [1.807, 2.05) is 0 Å². The number of fused-ring (bicyclic) bond motifs is 2. The lowest BCUT2D eigenvalue weighted by Gasteiger charge is -2.14. The van der Waals surface area contributed by atoms with Gasteiger partial charge in [0.1, 0.15) is 17.8 Å². The van der Waals surface area contributed by atoms with Crippen LogP contribution >= 0.6 is 0 Å². The van der Waals surface area contributed by atoms with Crippen molar-refractivity contribution in [1.29, 1.82) is 0 Å². The summed E-state index contributed by atoms with van der Waals surface area (Å²) < 4.78 is 74.4. The molecule has 0 radical (unpaired) electrons. The molecule has 0 bridgehead atoms. The van der Waals surface area contributed by atoms with E-state index in [2.05, 4.69) is 25.0 Å². The number of aryl methyl sites for hydroxylation is 1. The number of rotatable bonds is 6. The fourth-order valence-corrected chi connectivity index (χ4v) is 3.81. The fraction of sp³-hybridized carbons (Fsp3) is 0.167. The lowest BCUT2D eigenvalue weighted by atomic mass is 10.0. The predicted molar refractivity (Wildman–Crippen MR) is 124 cm³/mol. The van der Waals surface area contributed by atoms with Crippen LogP contribution in [-0.4, -0.2) is 38.9 Å². The maximum Gasteiger partial charge on any atom is 0.405 e. The molecule has 37 heavy (non-hydrogen) atoms. The van der Waals surface area contributed by atoms with Crippen molar-refractivity contribution >= 4 is 28.0 Å². The summed E-state index contributed by atoms with van der Waals surface area (Å²) in [5, 5.41) is 2.44. The Kier molecular flexibility index (Phi) is 5.97. The number of aromatic nitrogens is 4. The molecule has 3 heterocycles. The zero-order chi connectivity index (χ0) is 26.3. The summed E-state index contributed by atoms with van der Waals surface area (Å²) in [5.74, 6) is -0.0224. The normalized spacial score (nSPS) is 12.0. The number of anilines is 1. The lowest BCUT2D eigenvalue weighted by molar-refractivity contribution is -0.115. The minimum absolute atomic E-state index is 0.0231. The highest BCUT2D eigenvalue weighted by molar-refractivity contribution is 5.93. The van der Waals surface area contributed by atoms with Crippen LogP contribution in [0, 0.1) is 6.92 Å². The Hall–Kier alpha value is -4.55. The average molecular weight is 517 g/mol. The van der Waals surface area contributed by atoms with Crippen LogP contribution in [0.3, 0.4) is 0 Å². The number of nitrogens with zero attached hydrogens (tertiary/aromatic N) is 4. The molecule has 3 aromatic heterocycles. The SMILES string of the molecule is Cc1nc2cc(-n3cc4cnc(NCC(F)(F)F)nc4c(-c4ccc(OC(F)F)cc4)c3=O)ccc2o1. The van der Waals surface area contributed by atoms with E-state index in [0.29, 0.717) is 28.1 Å². The van der Waals surface area contributed by atoms with Gasteiger partial charge >= 0.3 is 12.8 Å². The number of benzene rings is 2. The molecule has 5 rings (SSSR count). The molecule has 0 amide bonds. The molecule has 0 aliphatic heterocycles. The maximum absolute atomic E-state index is 13.7. The van der Waals surface area contributed by atoms with Crippen LogP contribution in [0.25, 0.3) is 38.8 Å². The molecule has 0 atom stereocenters. The van der Waals surface area contributed by atoms with Crippen LogP contribution in [0.15, 0.2) is 64.1 Å². The summed E-state index contributed by atoms with van der Waals surface area (Å²) in [6, 6.07) is 10.2. The third kappa shape index (κ3) is 5.06. The summed E-state index contributed by atoms with van der Waals surface area (Å²) >= 11 is 0. The number of hydrogen-bond donors (Lipinski definition) is 1. The molecule has 0 spiro atoms. The molecule has 0 fully saturated rings. The van der Waals surface area contributed by atoms with E-state index >= 15 is 0 Å². The van der Waals surface area contributed by atoms with Crippen LogP contribution in [0.5, 0.6) is 5.75 Å². The standard InChI is InChI=1S/C24H16F5N5O3/c1-12-32-17-8-15(4-7-18(17)36-12)34-10-14-9-30-23(31-11-24(27,28)29)33-20(14)19(21(34)35)13-2-5-16(6-3-13)37-22(25)26/h2-10,22H,11H2,1H3,(H,31,33). The zero-order valence-corrected chi connectivity index (χ0v) is 18.9. The topological polar surface area (TPSA) is 95.1 Å². The van der Waals surface area contributed by atoms with Gasteiger partial charge in [-0.3, -0.25) is 9.36 Å². The second-order valence-corrected chi connectivity index (χ2v) is 7.93. The molecule has 0 unspecified atom stereocenters. The van der Waals surface area contributed by atoms with E-state index in [1.54, 1.807) is 25.1 Å². The minimum Gasteiger partial charge on any atom is -0.441 e. The smallest absolute Gasteiger partial charge is 0.405 e. The maximum atomic E-state index is 13.7. The minimum atomic E-state index is -4.51. The Morgan fingerprint density at radius 1 is 1.11 bits per heavy atom. The molecule has 8 nitrogen and oxygen atoms in total. The monoisotopic (exact) mass is 517 g/mol. The first-order chi connectivity index (χ1) is 17.6. The Morgan fingerprint density at radius 3 is 2.57 bits per heavy atom. The Balaban J connectivity index is 1.69. The van der Waals surface area contributed by atoms with Gasteiger partial charge in [0, 0.05) is 24.7 Å². The van der Waals surface area contributed by atoms with Gasteiger partial charge in [-0.05, 0) is 35.9 Å². The van der Waals surface area contributed by atoms with Gasteiger partial charge in [0.25, 0.3) is 5.56 Å². The van der Waals surface area contributed by atoms with E-state index in [1.165, 1.54) is 41.2 Å². The molecule has 2 aromatic carbocycles. The Bertz CT molecular complexity index is 1660. The molecular weight excluding hydrogens is 501 g/mol. The molecule has 0 saturated carbocycles. The number of alkyl halides is 5. The van der Waals surface area contributed by atoms with Crippen molar-refractivity contribution in [2.24, 2.45) is 0 Å². The van der Waals surface area contributed by atoms with Crippen molar-refractivity contribution in [3.05, 3.63) is 71.1 Å². The van der Waals surface area contributed by atoms with Gasteiger partial charge in [0.15, 0.2) is 11.5 Å². The first kappa shape index (κ1) is 24.2. The second kappa shape index (κ2) is 9.15. The number of ether oxygens (including phenoxy) is 1. The predicted octanol–water partition coefficient (Wildman–Crippen LogP) is 5.47. The third-order valence-electron chi connectivity index (χ3n) is 5.33. The molecule has 190 valence electrons. The highest BCUT2D eigenvalue weighted by Gasteiger charge is 2.27. The third-order valence-corrected chi connectivity index (χ3v) is 5.33. The van der Waals surface area contributed by atoms with Crippen molar-refractivity contribution < 1.29 is 31.1 Å². The van der Waals surface area contributed by atoms with Crippen LogP contribution in [-0.2, 0) is 0 Å². The van der Waals surface area contributed by atoms with Crippen molar-refractivity contribution in [2.45, 2.75) is 19.7 Å². The number of oxazole rings is 1. The van der Waals surface area contributed by atoms with Gasteiger partial charge in [0.2, 0.25) is 5.95 Å². The van der Waals surface area contributed by atoms with Crippen molar-refractivity contribution in [3.63, 3.8) is 0 Å². The van der Waals surface area contributed by atoms with E-state index in [9.17, 15) is 26.7 Å². The zero-order valence-electron chi connectivity index (χ0n) is 18.9. The van der Waals surface area contributed by atoms with Gasteiger partial charge in [0.05, 0.1) is 16.8 Å². The largest absolute Gasteiger partial charge is 0.441 e. The molecule has 13 heteroatoms. The fourth-order valence-electron chi connectivity index (χ4n) is 3.81. The van der Waals surface area contributed by atoms with Crippen molar-refractivity contribution in [1.82, 2.24) is 19.5 Å². The number of nitrogens with one attached hydrogen (secondary N) is 1. The number of pyridine rings is 1. The summed E-state index contributed by atoms with van der Waals surface area (Å²) in [5.41, 5.74) is 1.29. The van der Waals surface area contributed by atoms with Crippen LogP contribution in [0.2, 0.25) is 0 Å². The van der Waals surface area contributed by atoms with Crippen molar-refractivity contribution in [2.75, 3.05) is 11.9 Å². The van der Waals surface area contributed by atoms with Gasteiger partial charge < -0.3 is 14.5 Å². The quantitative estimate of drug-likeness (QED) is 0.299. The van der Waals surface area contributed by atoms with E-state index < -0.39 is 24.9 Å². The molecule has 1 N–H and O–H groups in total. The molecule has 0 saturated heterocycles. The first-order valence-corrected chi connectivity index (χ1v) is 10.7. The second-order valence-electron chi connectivity index (χ2n) is 7.93. The summed E-state index contributed by atoms with van der Waals surface area (Å²) in [6.07, 6.45) is -1.77. The number of halogens is 5. The summed E-state index contributed by atoms with van der Waals surface area (Å²) in [7, 11) is 0. The Morgan fingerprint density at radius 2 is 1.86 bits per heavy atom. The first-order valence-electron chi connectivity index (χ1n) is 10.7. The van der Waals surface area contributed by atoms with Gasteiger partial charge in [-0.25, -0.2) is 15.0 Å². The van der Waals surface area contributed by atoms with E-state index in [4.69, 9.17) is 4.42 Å². The average Bonchev–Trinajstić information content (AvgIpc) is 3.21. The highest BCUT2D eigenvalue weighted by atomic mass is 19.4. The van der Waals surface area contributed by atoms with E-state index in [-0.39, 0.29) is 28.3 Å². The lowest BCUT2D eigenvalue weighted by Crippen LogP contribution is -2.23. The van der Waals surface area contributed by atoms with Gasteiger partial charge in [-0.15, -0.1) is 0 Å². The van der Waals surface area contributed by atoms with Gasteiger partial charge in [-0.2, -0.15) is 22.0 Å². The summed E-state index contributed by atoms with van der Waals surface area (Å²) in [4.78, 5) is 26.1. The number of hydrogen-bond acceptors (Lipinski definition) is 7. The molecule has 5 aromatic rings. The Labute approximate surface area is 204 Å². The van der Waals surface area contributed by atoms with E-state index in [0.717, 1.165) is 0 Å². The van der Waals surface area contributed by atoms with Crippen LogP contribution < -0.4 is 15.6 Å². The van der Waals surface area contributed by atoms with Crippen molar-refractivity contribution in [3.8, 4) is 22.6 Å². The van der Waals surface area contributed by atoms with Crippen LogP contribution in [0.1, 0.15) is 5.89 Å². The molecule has 0 aliphatic rings. The summed E-state index contributed by atoms with van der Waals surface area (Å²) in [6.45, 7) is -2.73. The molecule has 0 aliphatic carbocycles. The van der Waals surface area contributed by atoms with Crippen LogP contribution in [0.4, 0.5) is 27.9 Å². The molecular formula is C24H16F5N5O3. The highest BCUT2D eigenvalue weighted by Crippen LogP contribution is 2.28.